The number of benzene rings is 1. The Hall–Kier alpha value is -2.18. The van der Waals surface area contributed by atoms with Gasteiger partial charge in [0.05, 0.1) is 5.69 Å². The lowest BCUT2D eigenvalue weighted by Crippen LogP contribution is -2.48. The highest BCUT2D eigenvalue weighted by molar-refractivity contribution is 5.87. The fraction of sp³-hybridized carbons (Fsp3) is 0.556. The van der Waals surface area contributed by atoms with E-state index < -0.39 is 23.6 Å². The number of halogens is 2. The fourth-order valence-corrected chi connectivity index (χ4v) is 3.15. The van der Waals surface area contributed by atoms with Crippen molar-refractivity contribution in [3.05, 3.63) is 29.8 Å². The van der Waals surface area contributed by atoms with E-state index in [1.807, 2.05) is 0 Å². The lowest BCUT2D eigenvalue weighted by Gasteiger charge is -2.22. The molecule has 1 atom stereocenters. The first kappa shape index (κ1) is 19.1. The third-order valence-corrected chi connectivity index (χ3v) is 4.63. The van der Waals surface area contributed by atoms with Gasteiger partial charge in [-0.2, -0.15) is 0 Å². The van der Waals surface area contributed by atoms with Gasteiger partial charge in [-0.15, -0.1) is 0 Å². The van der Waals surface area contributed by atoms with Crippen molar-refractivity contribution < 1.29 is 18.4 Å². The maximum atomic E-state index is 13.6. The number of nitrogens with one attached hydrogen (secondary N) is 2. The Kier molecular flexibility index (Phi) is 7.16. The normalized spacial score (nSPS) is 16.2. The highest BCUT2D eigenvalue weighted by Crippen LogP contribution is 2.27. The van der Waals surface area contributed by atoms with Gasteiger partial charge < -0.3 is 16.4 Å². The Morgan fingerprint density at radius 1 is 1.20 bits per heavy atom. The fourth-order valence-electron chi connectivity index (χ4n) is 3.15. The highest BCUT2D eigenvalue weighted by Gasteiger charge is 2.20. The second kappa shape index (κ2) is 9.34. The maximum absolute atomic E-state index is 13.6. The Bertz CT molecular complexity index is 604. The Balaban J connectivity index is 1.82. The average molecular weight is 353 g/mol. The Labute approximate surface area is 146 Å². The van der Waals surface area contributed by atoms with Crippen LogP contribution in [0, 0.1) is 17.6 Å². The molecule has 0 aromatic heterocycles. The number of anilines is 1. The molecule has 138 valence electrons. The smallest absolute Gasteiger partial charge is 0.241 e. The minimum atomic E-state index is -1.03. The van der Waals surface area contributed by atoms with E-state index in [1.54, 1.807) is 0 Å². The Morgan fingerprint density at radius 3 is 2.60 bits per heavy atom. The van der Waals surface area contributed by atoms with Crippen LogP contribution in [0.5, 0.6) is 0 Å². The van der Waals surface area contributed by atoms with Gasteiger partial charge in [-0.1, -0.05) is 38.2 Å². The summed E-state index contributed by atoms with van der Waals surface area (Å²) in [5.41, 5.74) is 5.21. The first-order valence-electron chi connectivity index (χ1n) is 8.74. The molecule has 2 amide bonds. The van der Waals surface area contributed by atoms with E-state index in [4.69, 9.17) is 5.73 Å². The number of hydrogen-bond acceptors (Lipinski definition) is 3. The molecular weight excluding hydrogens is 328 g/mol. The summed E-state index contributed by atoms with van der Waals surface area (Å²) in [5, 5.41) is 5.18. The zero-order chi connectivity index (χ0) is 18.2. The third kappa shape index (κ3) is 5.99. The summed E-state index contributed by atoms with van der Waals surface area (Å²) in [6.07, 6.45) is 7.10. The lowest BCUT2D eigenvalue weighted by atomic mass is 9.86. The molecule has 1 aliphatic rings. The SMILES string of the molecule is NC(=O)[C@H](CNc1cccc(F)c1F)NC(=O)CCC1CCCCC1. The molecule has 0 aliphatic heterocycles. The van der Waals surface area contributed by atoms with Crippen LogP contribution < -0.4 is 16.4 Å². The summed E-state index contributed by atoms with van der Waals surface area (Å²) in [6, 6.07) is 2.71. The van der Waals surface area contributed by atoms with Gasteiger partial charge in [0.2, 0.25) is 11.8 Å². The third-order valence-electron chi connectivity index (χ3n) is 4.63. The second-order valence-corrected chi connectivity index (χ2v) is 6.55. The molecule has 1 aromatic rings. The highest BCUT2D eigenvalue weighted by atomic mass is 19.2. The van der Waals surface area contributed by atoms with Crippen molar-refractivity contribution >= 4 is 17.5 Å². The standard InChI is InChI=1S/C18H25F2N3O2/c19-13-7-4-8-14(17(13)20)22-11-15(18(21)25)23-16(24)10-9-12-5-2-1-3-6-12/h4,7-8,12,15,22H,1-3,5-6,9-11H2,(H2,21,25)(H,23,24)/t15-/m0/s1. The molecule has 0 bridgehead atoms. The number of primary amides is 1. The zero-order valence-corrected chi connectivity index (χ0v) is 14.2. The molecule has 0 saturated heterocycles. The first-order valence-corrected chi connectivity index (χ1v) is 8.74. The first-order chi connectivity index (χ1) is 12.0. The lowest BCUT2D eigenvalue weighted by molar-refractivity contribution is -0.127. The Morgan fingerprint density at radius 2 is 1.92 bits per heavy atom. The van der Waals surface area contributed by atoms with Gasteiger partial charge >= 0.3 is 0 Å². The van der Waals surface area contributed by atoms with Gasteiger partial charge in [0, 0.05) is 13.0 Å². The van der Waals surface area contributed by atoms with Crippen LogP contribution in [0.4, 0.5) is 14.5 Å². The van der Waals surface area contributed by atoms with Crippen LogP contribution in [0.2, 0.25) is 0 Å². The topological polar surface area (TPSA) is 84.2 Å². The van der Waals surface area contributed by atoms with Gasteiger partial charge in [0.1, 0.15) is 6.04 Å². The van der Waals surface area contributed by atoms with Crippen LogP contribution in [0.3, 0.4) is 0 Å². The zero-order valence-electron chi connectivity index (χ0n) is 14.2. The molecule has 0 unspecified atom stereocenters. The van der Waals surface area contributed by atoms with E-state index in [2.05, 4.69) is 10.6 Å². The molecule has 2 rings (SSSR count). The quantitative estimate of drug-likeness (QED) is 0.672. The van der Waals surface area contributed by atoms with E-state index in [-0.39, 0.29) is 18.1 Å². The average Bonchev–Trinajstić information content (AvgIpc) is 2.60. The molecule has 0 heterocycles. The molecule has 7 heteroatoms. The number of carbonyl (C=O) groups excluding carboxylic acids is 2. The largest absolute Gasteiger partial charge is 0.380 e. The number of rotatable bonds is 8. The molecule has 1 fully saturated rings. The van der Waals surface area contributed by atoms with Crippen molar-refractivity contribution in [2.45, 2.75) is 51.0 Å². The van der Waals surface area contributed by atoms with Gasteiger partial charge in [0.15, 0.2) is 11.6 Å². The van der Waals surface area contributed by atoms with Crippen LogP contribution in [0.25, 0.3) is 0 Å². The van der Waals surface area contributed by atoms with E-state index >= 15 is 0 Å². The molecule has 25 heavy (non-hydrogen) atoms. The van der Waals surface area contributed by atoms with Crippen LogP contribution in [-0.4, -0.2) is 24.4 Å². The molecule has 5 nitrogen and oxygen atoms in total. The maximum Gasteiger partial charge on any atom is 0.241 e. The molecular formula is C18H25F2N3O2. The predicted molar refractivity (Wildman–Crippen MR) is 91.8 cm³/mol. The van der Waals surface area contributed by atoms with E-state index in [0.29, 0.717) is 12.3 Å². The van der Waals surface area contributed by atoms with Gasteiger partial charge in [0.25, 0.3) is 0 Å². The van der Waals surface area contributed by atoms with Crippen LogP contribution in [0.1, 0.15) is 44.9 Å². The summed E-state index contributed by atoms with van der Waals surface area (Å²) in [7, 11) is 0. The van der Waals surface area contributed by atoms with Crippen molar-refractivity contribution in [3.63, 3.8) is 0 Å². The minimum Gasteiger partial charge on any atom is -0.380 e. The predicted octanol–water partition coefficient (Wildman–Crippen LogP) is 2.71. The number of hydrogen-bond donors (Lipinski definition) is 3. The van der Waals surface area contributed by atoms with Gasteiger partial charge in [-0.3, -0.25) is 9.59 Å². The van der Waals surface area contributed by atoms with Crippen molar-refractivity contribution in [2.75, 3.05) is 11.9 Å². The van der Waals surface area contributed by atoms with E-state index in [0.717, 1.165) is 25.3 Å². The molecule has 0 spiro atoms. The van der Waals surface area contributed by atoms with Crippen molar-refractivity contribution in [2.24, 2.45) is 11.7 Å². The number of carbonyl (C=O) groups is 2. The van der Waals surface area contributed by atoms with Gasteiger partial charge in [-0.25, -0.2) is 8.78 Å². The molecule has 0 radical (unpaired) electrons. The molecule has 1 aromatic carbocycles. The number of nitrogens with two attached hydrogens (primary N) is 1. The second-order valence-electron chi connectivity index (χ2n) is 6.55. The summed E-state index contributed by atoms with van der Waals surface area (Å²) in [5.74, 6) is -2.44. The van der Waals surface area contributed by atoms with Crippen molar-refractivity contribution in [1.82, 2.24) is 5.32 Å². The van der Waals surface area contributed by atoms with Crippen LogP contribution >= 0.6 is 0 Å². The minimum absolute atomic E-state index is 0.0808. The van der Waals surface area contributed by atoms with Crippen LogP contribution in [-0.2, 0) is 9.59 Å². The molecule has 1 saturated carbocycles. The van der Waals surface area contributed by atoms with Gasteiger partial charge in [-0.05, 0) is 24.5 Å². The molecule has 4 N–H and O–H groups in total. The summed E-state index contributed by atoms with van der Waals surface area (Å²) < 4.78 is 26.8. The van der Waals surface area contributed by atoms with Crippen LogP contribution in [0.15, 0.2) is 18.2 Å². The summed E-state index contributed by atoms with van der Waals surface area (Å²) >= 11 is 0. The number of amides is 2. The van der Waals surface area contributed by atoms with E-state index in [1.165, 1.54) is 31.4 Å². The monoisotopic (exact) mass is 353 g/mol. The summed E-state index contributed by atoms with van der Waals surface area (Å²) in [6.45, 7) is -0.106. The molecule has 1 aliphatic carbocycles. The van der Waals surface area contributed by atoms with Crippen molar-refractivity contribution in [1.29, 1.82) is 0 Å². The van der Waals surface area contributed by atoms with Crippen molar-refractivity contribution in [3.8, 4) is 0 Å². The van der Waals surface area contributed by atoms with E-state index in [9.17, 15) is 18.4 Å². The summed E-state index contributed by atoms with van der Waals surface area (Å²) in [4.78, 5) is 23.6.